The Labute approximate surface area is 102 Å². The van der Waals surface area contributed by atoms with Gasteiger partial charge in [-0.15, -0.1) is 0 Å². The van der Waals surface area contributed by atoms with Crippen LogP contribution in [0.1, 0.15) is 46.0 Å². The van der Waals surface area contributed by atoms with E-state index in [0.29, 0.717) is 6.42 Å². The minimum atomic E-state index is -0.863. The molecule has 4 heteroatoms. The van der Waals surface area contributed by atoms with Gasteiger partial charge in [0, 0.05) is 6.04 Å². The lowest BCUT2D eigenvalue weighted by Gasteiger charge is -2.31. The van der Waals surface area contributed by atoms with Gasteiger partial charge in [-0.25, -0.2) is 4.79 Å². The monoisotopic (exact) mass is 236 g/mol. The summed E-state index contributed by atoms with van der Waals surface area (Å²) in [5.41, 5.74) is 0.243. The highest BCUT2D eigenvalue weighted by Gasteiger charge is 2.44. The molecule has 94 valence electrons. The summed E-state index contributed by atoms with van der Waals surface area (Å²) in [6, 6.07) is -0.475. The molecule has 1 heterocycles. The highest BCUT2D eigenvalue weighted by Crippen LogP contribution is 2.49. The van der Waals surface area contributed by atoms with Crippen LogP contribution >= 0.6 is 0 Å². The van der Waals surface area contributed by atoms with Gasteiger partial charge in [0.2, 0.25) is 0 Å². The van der Waals surface area contributed by atoms with Crippen molar-refractivity contribution in [3.05, 3.63) is 0 Å². The summed E-state index contributed by atoms with van der Waals surface area (Å²) < 4.78 is 0. The number of carboxylic acids is 1. The van der Waals surface area contributed by atoms with Crippen molar-refractivity contribution in [3.8, 4) is 6.19 Å². The van der Waals surface area contributed by atoms with E-state index in [4.69, 9.17) is 10.4 Å². The lowest BCUT2D eigenvalue weighted by Crippen LogP contribution is -2.39. The molecule has 0 aromatic carbocycles. The number of carboxylic acid groups (broad SMARTS) is 1. The second kappa shape index (κ2) is 4.21. The molecule has 0 aromatic rings. The maximum absolute atomic E-state index is 11.0. The SMILES string of the molecule is CC(C)(CC1CCC(C(=O)O)N1C#N)C1CC1. The minimum Gasteiger partial charge on any atom is -0.480 e. The summed E-state index contributed by atoms with van der Waals surface area (Å²) in [7, 11) is 0. The molecule has 1 saturated heterocycles. The van der Waals surface area contributed by atoms with Crippen LogP contribution in [0.2, 0.25) is 0 Å². The molecule has 1 saturated carbocycles. The highest BCUT2D eigenvalue weighted by atomic mass is 16.4. The van der Waals surface area contributed by atoms with Crippen molar-refractivity contribution in [2.24, 2.45) is 11.3 Å². The van der Waals surface area contributed by atoms with Gasteiger partial charge in [-0.1, -0.05) is 13.8 Å². The summed E-state index contributed by atoms with van der Waals surface area (Å²) in [6.45, 7) is 4.49. The molecule has 0 spiro atoms. The Balaban J connectivity index is 2.02. The van der Waals surface area contributed by atoms with Gasteiger partial charge in [0.05, 0.1) is 0 Å². The number of carbonyl (C=O) groups is 1. The van der Waals surface area contributed by atoms with E-state index in [1.165, 1.54) is 17.7 Å². The van der Waals surface area contributed by atoms with Crippen LogP contribution in [0.4, 0.5) is 0 Å². The van der Waals surface area contributed by atoms with Gasteiger partial charge < -0.3 is 5.11 Å². The molecule has 0 amide bonds. The number of nitriles is 1. The molecule has 1 N–H and O–H groups in total. The topological polar surface area (TPSA) is 64.3 Å². The molecular formula is C13H20N2O2. The first kappa shape index (κ1) is 12.2. The second-order valence-corrected chi connectivity index (χ2v) is 6.06. The number of nitrogens with zero attached hydrogens (tertiary/aromatic N) is 2. The predicted octanol–water partition coefficient (Wildman–Crippen LogP) is 2.21. The molecule has 4 nitrogen and oxygen atoms in total. The van der Waals surface area contributed by atoms with Gasteiger partial charge in [-0.3, -0.25) is 4.90 Å². The first-order valence-electron chi connectivity index (χ1n) is 6.36. The Morgan fingerprint density at radius 3 is 2.53 bits per heavy atom. The molecule has 2 atom stereocenters. The van der Waals surface area contributed by atoms with Crippen molar-refractivity contribution in [2.75, 3.05) is 0 Å². The highest BCUT2D eigenvalue weighted by molar-refractivity contribution is 5.74. The average molecular weight is 236 g/mol. The molecule has 0 aromatic heterocycles. The predicted molar refractivity (Wildman–Crippen MR) is 63.0 cm³/mol. The van der Waals surface area contributed by atoms with Crippen molar-refractivity contribution >= 4 is 5.97 Å². The summed E-state index contributed by atoms with van der Waals surface area (Å²) in [4.78, 5) is 12.5. The van der Waals surface area contributed by atoms with Gasteiger partial charge in [0.15, 0.2) is 6.19 Å². The van der Waals surface area contributed by atoms with E-state index in [1.807, 2.05) is 0 Å². The third kappa shape index (κ3) is 2.38. The summed E-state index contributed by atoms with van der Waals surface area (Å²) in [5, 5.41) is 18.2. The number of likely N-dealkylation sites (tertiary alicyclic amines) is 1. The zero-order valence-corrected chi connectivity index (χ0v) is 10.5. The standard InChI is InChI=1S/C13H20N2O2/c1-13(2,9-3-4-9)7-10-5-6-11(12(16)17)15(10)8-14/h9-11H,3-7H2,1-2H3,(H,16,17). The van der Waals surface area contributed by atoms with Gasteiger partial charge in [-0.05, 0) is 43.4 Å². The fourth-order valence-corrected chi connectivity index (χ4v) is 3.12. The zero-order valence-electron chi connectivity index (χ0n) is 10.5. The maximum atomic E-state index is 11.0. The van der Waals surface area contributed by atoms with E-state index in [9.17, 15) is 4.79 Å². The van der Waals surface area contributed by atoms with Crippen molar-refractivity contribution in [1.82, 2.24) is 4.90 Å². The largest absolute Gasteiger partial charge is 0.480 e. The maximum Gasteiger partial charge on any atom is 0.327 e. The van der Waals surface area contributed by atoms with Crippen molar-refractivity contribution in [1.29, 1.82) is 5.26 Å². The molecule has 1 aliphatic heterocycles. The third-order valence-corrected chi connectivity index (χ3v) is 4.35. The number of hydrogen-bond acceptors (Lipinski definition) is 3. The number of rotatable bonds is 4. The average Bonchev–Trinajstić information content (AvgIpc) is 3.01. The first-order chi connectivity index (χ1) is 7.95. The van der Waals surface area contributed by atoms with E-state index in [2.05, 4.69) is 20.0 Å². The van der Waals surface area contributed by atoms with Gasteiger partial charge in [0.25, 0.3) is 0 Å². The summed E-state index contributed by atoms with van der Waals surface area (Å²) >= 11 is 0. The number of hydrogen-bond donors (Lipinski definition) is 1. The van der Waals surface area contributed by atoms with Gasteiger partial charge in [0.1, 0.15) is 6.04 Å². The molecule has 2 fully saturated rings. The Morgan fingerprint density at radius 1 is 1.41 bits per heavy atom. The van der Waals surface area contributed by atoms with Crippen LogP contribution in [0.15, 0.2) is 0 Å². The summed E-state index contributed by atoms with van der Waals surface area (Å²) in [5.74, 6) is -0.0924. The Bertz CT molecular complexity index is 355. The smallest absolute Gasteiger partial charge is 0.327 e. The van der Waals surface area contributed by atoms with E-state index in [1.54, 1.807) is 0 Å². The normalized spacial score (nSPS) is 29.1. The molecule has 17 heavy (non-hydrogen) atoms. The fourth-order valence-electron chi connectivity index (χ4n) is 3.12. The van der Waals surface area contributed by atoms with Crippen molar-refractivity contribution in [2.45, 2.75) is 58.0 Å². The van der Waals surface area contributed by atoms with E-state index < -0.39 is 12.0 Å². The molecule has 2 rings (SSSR count). The third-order valence-electron chi connectivity index (χ3n) is 4.35. The number of aliphatic carboxylic acids is 1. The van der Waals surface area contributed by atoms with Crippen LogP contribution in [0.25, 0.3) is 0 Å². The van der Waals surface area contributed by atoms with Crippen LogP contribution in [0, 0.1) is 22.8 Å². The molecule has 1 aliphatic carbocycles. The van der Waals surface area contributed by atoms with E-state index in [0.717, 1.165) is 18.8 Å². The van der Waals surface area contributed by atoms with Crippen molar-refractivity contribution < 1.29 is 9.90 Å². The molecule has 2 aliphatic rings. The summed E-state index contributed by atoms with van der Waals surface area (Å²) in [6.07, 6.45) is 7.03. The Kier molecular flexibility index (Phi) is 3.03. The van der Waals surface area contributed by atoms with Crippen LogP contribution in [0.5, 0.6) is 0 Å². The fraction of sp³-hybridized carbons (Fsp3) is 0.846. The lowest BCUT2D eigenvalue weighted by atomic mass is 9.80. The molecule has 0 bridgehead atoms. The lowest BCUT2D eigenvalue weighted by molar-refractivity contribution is -0.141. The molecular weight excluding hydrogens is 216 g/mol. The van der Waals surface area contributed by atoms with Crippen molar-refractivity contribution in [3.63, 3.8) is 0 Å². The van der Waals surface area contributed by atoms with E-state index in [-0.39, 0.29) is 11.5 Å². The van der Waals surface area contributed by atoms with Crippen LogP contribution in [-0.2, 0) is 4.79 Å². The molecule has 2 unspecified atom stereocenters. The van der Waals surface area contributed by atoms with Gasteiger partial charge >= 0.3 is 5.97 Å². The van der Waals surface area contributed by atoms with E-state index >= 15 is 0 Å². The first-order valence-corrected chi connectivity index (χ1v) is 6.36. The molecule has 0 radical (unpaired) electrons. The Morgan fingerprint density at radius 2 is 2.06 bits per heavy atom. The van der Waals surface area contributed by atoms with Crippen LogP contribution in [0.3, 0.4) is 0 Å². The Hall–Kier alpha value is -1.24. The van der Waals surface area contributed by atoms with Crippen LogP contribution in [-0.4, -0.2) is 28.1 Å². The van der Waals surface area contributed by atoms with Crippen LogP contribution < -0.4 is 0 Å². The minimum absolute atomic E-state index is 0.122. The van der Waals surface area contributed by atoms with Gasteiger partial charge in [-0.2, -0.15) is 5.26 Å². The quantitative estimate of drug-likeness (QED) is 0.760. The second-order valence-electron chi connectivity index (χ2n) is 6.06. The zero-order chi connectivity index (χ0) is 12.6.